The summed E-state index contributed by atoms with van der Waals surface area (Å²) in [4.78, 5) is 12.4. The fourth-order valence-electron chi connectivity index (χ4n) is 3.48. The van der Waals surface area contributed by atoms with E-state index >= 15 is 0 Å². The van der Waals surface area contributed by atoms with Crippen LogP contribution in [-0.4, -0.2) is 36.9 Å². The molecule has 3 aliphatic rings. The molecule has 17 heavy (non-hydrogen) atoms. The van der Waals surface area contributed by atoms with Crippen LogP contribution in [0.3, 0.4) is 0 Å². The third-order valence-corrected chi connectivity index (χ3v) is 4.87. The quantitative estimate of drug-likeness (QED) is 0.764. The van der Waals surface area contributed by atoms with Crippen molar-refractivity contribution in [3.63, 3.8) is 0 Å². The Kier molecular flexibility index (Phi) is 2.67. The molecular formula is C13H21NO3. The molecule has 1 unspecified atom stereocenters. The van der Waals surface area contributed by atoms with Gasteiger partial charge in [-0.25, -0.2) is 0 Å². The highest BCUT2D eigenvalue weighted by atomic mass is 16.5. The molecule has 2 aliphatic carbocycles. The Balaban J connectivity index is 1.72. The van der Waals surface area contributed by atoms with E-state index in [2.05, 4.69) is 5.32 Å². The van der Waals surface area contributed by atoms with Crippen LogP contribution in [-0.2, 0) is 9.53 Å². The molecule has 0 radical (unpaired) electrons. The van der Waals surface area contributed by atoms with Crippen LogP contribution >= 0.6 is 0 Å². The van der Waals surface area contributed by atoms with Gasteiger partial charge in [0.05, 0.1) is 5.41 Å². The fraction of sp³-hybridized carbons (Fsp3) is 0.923. The van der Waals surface area contributed by atoms with Crippen LogP contribution in [0.2, 0.25) is 0 Å². The first-order valence-electron chi connectivity index (χ1n) is 6.72. The van der Waals surface area contributed by atoms with Crippen LogP contribution in [0.5, 0.6) is 0 Å². The molecule has 2 N–H and O–H groups in total. The molecule has 0 aromatic heterocycles. The summed E-state index contributed by atoms with van der Waals surface area (Å²) in [5.41, 5.74) is -0.152. The molecule has 0 aromatic carbocycles. The summed E-state index contributed by atoms with van der Waals surface area (Å²) in [5.74, 6) is 0.191. The Hall–Kier alpha value is -0.610. The summed E-state index contributed by atoms with van der Waals surface area (Å²) >= 11 is 0. The van der Waals surface area contributed by atoms with Crippen molar-refractivity contribution in [2.24, 2.45) is 10.8 Å². The molecule has 96 valence electrons. The Morgan fingerprint density at radius 3 is 2.65 bits per heavy atom. The Bertz CT molecular complexity index is 321. The predicted octanol–water partition coefficient (Wildman–Crippen LogP) is 0.834. The molecule has 0 aromatic rings. The smallest absolute Gasteiger partial charge is 0.227 e. The van der Waals surface area contributed by atoms with E-state index in [1.165, 1.54) is 0 Å². The largest absolute Gasteiger partial charge is 0.396 e. The van der Waals surface area contributed by atoms with Gasteiger partial charge in [0, 0.05) is 25.9 Å². The van der Waals surface area contributed by atoms with Crippen molar-refractivity contribution in [2.45, 2.75) is 44.6 Å². The zero-order chi connectivity index (χ0) is 11.9. The van der Waals surface area contributed by atoms with Crippen molar-refractivity contribution in [3.8, 4) is 0 Å². The Morgan fingerprint density at radius 2 is 2.06 bits per heavy atom. The van der Waals surface area contributed by atoms with Crippen LogP contribution in [0.15, 0.2) is 0 Å². The van der Waals surface area contributed by atoms with E-state index < -0.39 is 0 Å². The second kappa shape index (κ2) is 3.95. The third kappa shape index (κ3) is 1.78. The number of rotatable bonds is 4. The van der Waals surface area contributed by atoms with Crippen LogP contribution in [0.1, 0.15) is 38.5 Å². The maximum atomic E-state index is 12.4. The normalized spacial score (nSPS) is 34.6. The lowest BCUT2D eigenvalue weighted by Gasteiger charge is -2.28. The van der Waals surface area contributed by atoms with Crippen molar-refractivity contribution in [3.05, 3.63) is 0 Å². The number of hydrogen-bond donors (Lipinski definition) is 2. The van der Waals surface area contributed by atoms with E-state index in [1.807, 2.05) is 0 Å². The molecule has 3 fully saturated rings. The summed E-state index contributed by atoms with van der Waals surface area (Å²) in [7, 11) is 0. The first kappa shape index (κ1) is 11.5. The van der Waals surface area contributed by atoms with Gasteiger partial charge in [-0.05, 0) is 43.9 Å². The number of amides is 1. The number of hydrogen-bond acceptors (Lipinski definition) is 3. The zero-order valence-electron chi connectivity index (χ0n) is 10.2. The van der Waals surface area contributed by atoms with Gasteiger partial charge in [-0.3, -0.25) is 4.79 Å². The standard InChI is InChI=1S/C13H21NO3/c15-6-3-13(11(16)14-10-1-2-10)9-12(13)4-7-17-8-5-12/h10,15H,1-9H2,(H,14,16). The van der Waals surface area contributed by atoms with Gasteiger partial charge in [0.1, 0.15) is 0 Å². The van der Waals surface area contributed by atoms with E-state index in [1.54, 1.807) is 0 Å². The molecule has 0 bridgehead atoms. The van der Waals surface area contributed by atoms with Gasteiger partial charge >= 0.3 is 0 Å². The van der Waals surface area contributed by atoms with E-state index in [4.69, 9.17) is 4.74 Å². The SMILES string of the molecule is O=C(NC1CC1)C1(CCO)CC12CCOCC2. The predicted molar refractivity (Wildman–Crippen MR) is 62.4 cm³/mol. The molecule has 1 amide bonds. The minimum atomic E-state index is -0.284. The average molecular weight is 239 g/mol. The van der Waals surface area contributed by atoms with Crippen LogP contribution in [0, 0.1) is 10.8 Å². The molecular weight excluding hydrogens is 218 g/mol. The number of carbonyl (C=O) groups excluding carboxylic acids is 1. The second-order valence-electron chi connectivity index (χ2n) is 5.87. The van der Waals surface area contributed by atoms with Gasteiger partial charge in [-0.1, -0.05) is 0 Å². The third-order valence-electron chi connectivity index (χ3n) is 4.87. The summed E-state index contributed by atoms with van der Waals surface area (Å²) in [6, 6.07) is 0.413. The Labute approximate surface area is 102 Å². The van der Waals surface area contributed by atoms with E-state index in [-0.39, 0.29) is 23.3 Å². The fourth-order valence-corrected chi connectivity index (χ4v) is 3.48. The lowest BCUT2D eigenvalue weighted by Crippen LogP contribution is -2.39. The molecule has 1 saturated heterocycles. The van der Waals surface area contributed by atoms with E-state index in [0.717, 1.165) is 45.3 Å². The molecule has 1 aliphatic heterocycles. The second-order valence-corrected chi connectivity index (χ2v) is 5.87. The lowest BCUT2D eigenvalue weighted by molar-refractivity contribution is -0.129. The lowest BCUT2D eigenvalue weighted by atomic mass is 9.83. The molecule has 1 heterocycles. The topological polar surface area (TPSA) is 58.6 Å². The molecule has 2 saturated carbocycles. The minimum Gasteiger partial charge on any atom is -0.396 e. The highest BCUT2D eigenvalue weighted by Crippen LogP contribution is 2.70. The molecule has 1 atom stereocenters. The van der Waals surface area contributed by atoms with Gasteiger partial charge in [0.15, 0.2) is 0 Å². The number of aliphatic hydroxyl groups excluding tert-OH is 1. The summed E-state index contributed by atoms with van der Waals surface area (Å²) in [6.07, 6.45) is 5.76. The van der Waals surface area contributed by atoms with Gasteiger partial charge in [0.25, 0.3) is 0 Å². The monoisotopic (exact) mass is 239 g/mol. The molecule has 4 nitrogen and oxygen atoms in total. The number of ether oxygens (including phenoxy) is 1. The van der Waals surface area contributed by atoms with E-state index in [0.29, 0.717) is 12.5 Å². The van der Waals surface area contributed by atoms with Gasteiger partial charge in [-0.15, -0.1) is 0 Å². The highest BCUT2D eigenvalue weighted by molar-refractivity contribution is 5.87. The van der Waals surface area contributed by atoms with Gasteiger partial charge < -0.3 is 15.2 Å². The van der Waals surface area contributed by atoms with Crippen molar-refractivity contribution < 1.29 is 14.6 Å². The minimum absolute atomic E-state index is 0.112. The number of carbonyl (C=O) groups is 1. The van der Waals surface area contributed by atoms with Crippen LogP contribution < -0.4 is 5.32 Å². The molecule has 4 heteroatoms. The molecule has 1 spiro atoms. The zero-order valence-corrected chi connectivity index (χ0v) is 10.2. The van der Waals surface area contributed by atoms with Crippen molar-refractivity contribution in [2.75, 3.05) is 19.8 Å². The molecule has 3 rings (SSSR count). The van der Waals surface area contributed by atoms with Gasteiger partial charge in [-0.2, -0.15) is 0 Å². The number of nitrogens with one attached hydrogen (secondary N) is 1. The maximum Gasteiger partial charge on any atom is 0.227 e. The Morgan fingerprint density at radius 1 is 1.35 bits per heavy atom. The average Bonchev–Trinajstić information content (AvgIpc) is 3.21. The number of aliphatic hydroxyl groups is 1. The van der Waals surface area contributed by atoms with Gasteiger partial charge in [0.2, 0.25) is 5.91 Å². The summed E-state index contributed by atoms with van der Waals surface area (Å²) < 4.78 is 5.40. The van der Waals surface area contributed by atoms with Crippen molar-refractivity contribution in [1.29, 1.82) is 0 Å². The first-order chi connectivity index (χ1) is 8.22. The van der Waals surface area contributed by atoms with E-state index in [9.17, 15) is 9.90 Å². The first-order valence-corrected chi connectivity index (χ1v) is 6.72. The van der Waals surface area contributed by atoms with Crippen LogP contribution in [0.25, 0.3) is 0 Å². The maximum absolute atomic E-state index is 12.4. The highest BCUT2D eigenvalue weighted by Gasteiger charge is 2.70. The van der Waals surface area contributed by atoms with Crippen LogP contribution in [0.4, 0.5) is 0 Å². The van der Waals surface area contributed by atoms with Crippen molar-refractivity contribution in [1.82, 2.24) is 5.32 Å². The summed E-state index contributed by atoms with van der Waals surface area (Å²) in [5, 5.41) is 12.4. The van der Waals surface area contributed by atoms with Crippen molar-refractivity contribution >= 4 is 5.91 Å². The summed E-state index contributed by atoms with van der Waals surface area (Å²) in [6.45, 7) is 1.65.